The number of pyridine rings is 1. The van der Waals surface area contributed by atoms with Gasteiger partial charge in [-0.3, -0.25) is 4.98 Å². The highest BCUT2D eigenvalue weighted by atomic mass is 35.5. The standard InChI is InChI=1S/C5H5BClN/c6-4-1-2-8-3-5(4)7/h1-3H,6H2. The molecule has 3 heteroatoms. The molecule has 1 nitrogen and oxygen atoms in total. The first kappa shape index (κ1) is 5.64. The van der Waals surface area contributed by atoms with Crippen LogP contribution < -0.4 is 5.46 Å². The summed E-state index contributed by atoms with van der Waals surface area (Å²) in [4.78, 5) is 3.81. The average Bonchev–Trinajstić information content (AvgIpc) is 1.77. The maximum atomic E-state index is 5.65. The highest BCUT2D eigenvalue weighted by Gasteiger charge is 1.87. The van der Waals surface area contributed by atoms with E-state index in [9.17, 15) is 0 Å². The Morgan fingerprint density at radius 1 is 1.62 bits per heavy atom. The molecule has 0 aliphatic carbocycles. The second kappa shape index (κ2) is 2.18. The van der Waals surface area contributed by atoms with E-state index >= 15 is 0 Å². The number of hydrogen-bond acceptors (Lipinski definition) is 1. The Morgan fingerprint density at radius 3 is 2.75 bits per heavy atom. The van der Waals surface area contributed by atoms with E-state index in [1.54, 1.807) is 12.4 Å². The summed E-state index contributed by atoms with van der Waals surface area (Å²) < 4.78 is 0. The number of aromatic nitrogens is 1. The molecular weight excluding hydrogens is 120 g/mol. The van der Waals surface area contributed by atoms with Crippen LogP contribution in [0.1, 0.15) is 0 Å². The lowest BCUT2D eigenvalue weighted by atomic mass is 9.98. The van der Waals surface area contributed by atoms with Crippen LogP contribution in [0.5, 0.6) is 0 Å². The molecule has 0 fully saturated rings. The fourth-order valence-electron chi connectivity index (χ4n) is 0.445. The Labute approximate surface area is 54.1 Å². The molecule has 1 heterocycles. The second-order valence-electron chi connectivity index (χ2n) is 1.62. The SMILES string of the molecule is Bc1ccncc1Cl. The Morgan fingerprint density at radius 2 is 2.38 bits per heavy atom. The van der Waals surface area contributed by atoms with Gasteiger partial charge in [0.25, 0.3) is 0 Å². The predicted molar refractivity (Wildman–Crippen MR) is 37.4 cm³/mol. The third-order valence-electron chi connectivity index (χ3n) is 0.975. The monoisotopic (exact) mass is 125 g/mol. The predicted octanol–water partition coefficient (Wildman–Crippen LogP) is -0.00660. The minimum atomic E-state index is 0.729. The molecule has 0 radical (unpaired) electrons. The molecule has 0 saturated heterocycles. The zero-order valence-electron chi connectivity index (χ0n) is 4.56. The topological polar surface area (TPSA) is 12.9 Å². The zero-order valence-corrected chi connectivity index (χ0v) is 5.31. The third kappa shape index (κ3) is 1.01. The van der Waals surface area contributed by atoms with Crippen LogP contribution in [0.4, 0.5) is 0 Å². The van der Waals surface area contributed by atoms with E-state index in [1.807, 2.05) is 13.9 Å². The molecule has 0 N–H and O–H groups in total. The van der Waals surface area contributed by atoms with Crippen LogP contribution in [0.25, 0.3) is 0 Å². The summed E-state index contributed by atoms with van der Waals surface area (Å²) in [5.41, 5.74) is 1.07. The van der Waals surface area contributed by atoms with Gasteiger partial charge in [-0.2, -0.15) is 0 Å². The second-order valence-corrected chi connectivity index (χ2v) is 2.03. The first-order chi connectivity index (χ1) is 3.80. The lowest BCUT2D eigenvalue weighted by molar-refractivity contribution is 1.34. The summed E-state index contributed by atoms with van der Waals surface area (Å²) in [6.07, 6.45) is 3.36. The maximum Gasteiger partial charge on any atom is 0.141 e. The van der Waals surface area contributed by atoms with Gasteiger partial charge in [0.15, 0.2) is 0 Å². The van der Waals surface area contributed by atoms with Crippen LogP contribution in [0.15, 0.2) is 18.5 Å². The van der Waals surface area contributed by atoms with E-state index in [0.717, 1.165) is 10.5 Å². The third-order valence-corrected chi connectivity index (χ3v) is 1.37. The molecule has 0 aromatic carbocycles. The van der Waals surface area contributed by atoms with Crippen LogP contribution in [0.3, 0.4) is 0 Å². The molecule has 1 aromatic heterocycles. The Kier molecular flexibility index (Phi) is 1.54. The van der Waals surface area contributed by atoms with Gasteiger partial charge in [-0.15, -0.1) is 0 Å². The molecule has 8 heavy (non-hydrogen) atoms. The molecule has 1 aromatic rings. The van der Waals surface area contributed by atoms with Crippen molar-refractivity contribution in [1.82, 2.24) is 4.98 Å². The van der Waals surface area contributed by atoms with Crippen molar-refractivity contribution < 1.29 is 0 Å². The Hall–Kier alpha value is -0.495. The fraction of sp³-hybridized carbons (Fsp3) is 0. The van der Waals surface area contributed by atoms with Crippen molar-refractivity contribution in [3.63, 3.8) is 0 Å². The van der Waals surface area contributed by atoms with E-state index in [4.69, 9.17) is 11.6 Å². The number of rotatable bonds is 0. The minimum absolute atomic E-state index is 0.729. The van der Waals surface area contributed by atoms with Crippen LogP contribution in [0.2, 0.25) is 5.02 Å². The molecule has 0 bridgehead atoms. The van der Waals surface area contributed by atoms with Gasteiger partial charge in [0.1, 0.15) is 7.85 Å². The summed E-state index contributed by atoms with van der Waals surface area (Å²) in [6, 6.07) is 1.88. The molecular formula is C5H5BClN. The number of nitrogens with zero attached hydrogens (tertiary/aromatic N) is 1. The van der Waals surface area contributed by atoms with Crippen molar-refractivity contribution in [1.29, 1.82) is 0 Å². The lowest BCUT2D eigenvalue weighted by Crippen LogP contribution is -2.02. The van der Waals surface area contributed by atoms with Crippen LogP contribution >= 0.6 is 11.6 Å². The van der Waals surface area contributed by atoms with Gasteiger partial charge in [0.05, 0.1) is 5.02 Å². The average molecular weight is 125 g/mol. The van der Waals surface area contributed by atoms with E-state index in [0.29, 0.717) is 0 Å². The zero-order chi connectivity index (χ0) is 5.98. The van der Waals surface area contributed by atoms with Gasteiger partial charge < -0.3 is 0 Å². The summed E-state index contributed by atoms with van der Waals surface area (Å²) in [5, 5.41) is 0.729. The van der Waals surface area contributed by atoms with Crippen molar-refractivity contribution in [2.45, 2.75) is 0 Å². The molecule has 0 spiro atoms. The van der Waals surface area contributed by atoms with E-state index in [2.05, 4.69) is 4.98 Å². The quantitative estimate of drug-likeness (QED) is 0.445. The molecule has 0 atom stereocenters. The van der Waals surface area contributed by atoms with Gasteiger partial charge in [-0.25, -0.2) is 0 Å². The molecule has 40 valence electrons. The van der Waals surface area contributed by atoms with Gasteiger partial charge in [-0.05, 0) is 6.07 Å². The minimum Gasteiger partial charge on any atom is -0.263 e. The van der Waals surface area contributed by atoms with Gasteiger partial charge in [-0.1, -0.05) is 17.1 Å². The van der Waals surface area contributed by atoms with Crippen LogP contribution in [-0.4, -0.2) is 12.8 Å². The van der Waals surface area contributed by atoms with Crippen molar-refractivity contribution in [2.24, 2.45) is 0 Å². The van der Waals surface area contributed by atoms with Crippen molar-refractivity contribution in [3.8, 4) is 0 Å². The van der Waals surface area contributed by atoms with Crippen molar-refractivity contribution in [3.05, 3.63) is 23.5 Å². The Bertz CT molecular complexity index is 169. The molecule has 0 saturated carbocycles. The van der Waals surface area contributed by atoms with Crippen molar-refractivity contribution in [2.75, 3.05) is 0 Å². The molecule has 0 aliphatic rings. The number of hydrogen-bond donors (Lipinski definition) is 0. The van der Waals surface area contributed by atoms with Gasteiger partial charge in [0, 0.05) is 12.4 Å². The van der Waals surface area contributed by atoms with E-state index in [1.165, 1.54) is 0 Å². The molecule has 1 rings (SSSR count). The van der Waals surface area contributed by atoms with Crippen molar-refractivity contribution >= 4 is 24.9 Å². The highest BCUT2D eigenvalue weighted by molar-refractivity contribution is 6.44. The molecule has 0 amide bonds. The largest absolute Gasteiger partial charge is 0.263 e. The summed E-state index contributed by atoms with van der Waals surface area (Å²) in [5.74, 6) is 0. The summed E-state index contributed by atoms with van der Waals surface area (Å²) >= 11 is 5.65. The van der Waals surface area contributed by atoms with E-state index < -0.39 is 0 Å². The number of halogens is 1. The molecule has 0 aliphatic heterocycles. The summed E-state index contributed by atoms with van der Waals surface area (Å²) in [7, 11) is 1.95. The van der Waals surface area contributed by atoms with Crippen LogP contribution in [-0.2, 0) is 0 Å². The maximum absolute atomic E-state index is 5.65. The van der Waals surface area contributed by atoms with Gasteiger partial charge in [0.2, 0.25) is 0 Å². The smallest absolute Gasteiger partial charge is 0.141 e. The lowest BCUT2D eigenvalue weighted by Gasteiger charge is -1.90. The van der Waals surface area contributed by atoms with E-state index in [-0.39, 0.29) is 0 Å². The van der Waals surface area contributed by atoms with Crippen LogP contribution in [0, 0.1) is 0 Å². The highest BCUT2D eigenvalue weighted by Crippen LogP contribution is 1.97. The molecule has 0 unspecified atom stereocenters. The first-order valence-electron chi connectivity index (χ1n) is 2.37. The fourth-order valence-corrected chi connectivity index (χ4v) is 0.564. The van der Waals surface area contributed by atoms with Gasteiger partial charge >= 0.3 is 0 Å². The summed E-state index contributed by atoms with van der Waals surface area (Å²) in [6.45, 7) is 0. The Balaban J connectivity index is 3.13. The first-order valence-corrected chi connectivity index (χ1v) is 2.74. The normalized spacial score (nSPS) is 9.12.